The van der Waals surface area contributed by atoms with Gasteiger partial charge in [0.25, 0.3) is 0 Å². The van der Waals surface area contributed by atoms with E-state index in [2.05, 4.69) is 17.9 Å². The summed E-state index contributed by atoms with van der Waals surface area (Å²) < 4.78 is 4.36. The monoisotopic (exact) mass is 298 g/mol. The van der Waals surface area contributed by atoms with Crippen molar-refractivity contribution in [2.24, 2.45) is 0 Å². The average Bonchev–Trinajstić information content (AvgIpc) is 2.52. The second kappa shape index (κ2) is 7.93. The minimum atomic E-state index is -0.343. The Morgan fingerprint density at radius 1 is 0.955 bits per heavy atom. The minimum Gasteiger partial charge on any atom is -0.508 e. The normalized spacial score (nSPS) is 10.1. The highest BCUT2D eigenvalue weighted by molar-refractivity contribution is 5.48. The van der Waals surface area contributed by atoms with Crippen LogP contribution in [0.15, 0.2) is 74.2 Å². The van der Waals surface area contributed by atoms with Gasteiger partial charge in [-0.1, -0.05) is 57.3 Å². The van der Waals surface area contributed by atoms with Crippen molar-refractivity contribution in [3.8, 4) is 11.5 Å². The number of hydrogen-bond donors (Lipinski definition) is 2. The summed E-state index contributed by atoms with van der Waals surface area (Å²) in [4.78, 5) is 0. The topological polar surface area (TPSA) is 49.7 Å². The summed E-state index contributed by atoms with van der Waals surface area (Å²) in [5, 5.41) is 19.5. The molecule has 22 heavy (non-hydrogen) atoms. The number of phenols is 2. The van der Waals surface area contributed by atoms with Crippen LogP contribution in [0, 0.1) is 0 Å². The fourth-order valence-electron chi connectivity index (χ4n) is 2.10. The first-order valence-corrected chi connectivity index (χ1v) is 6.88. The molecular weight excluding hydrogens is 276 g/mol. The van der Waals surface area contributed by atoms with Gasteiger partial charge in [0.15, 0.2) is 0 Å². The van der Waals surface area contributed by atoms with Crippen LogP contribution in [0.2, 0.25) is 0 Å². The van der Waals surface area contributed by atoms with E-state index in [9.17, 15) is 10.2 Å². The van der Waals surface area contributed by atoms with Gasteiger partial charge in [-0.2, -0.15) is 0 Å². The van der Waals surface area contributed by atoms with Gasteiger partial charge in [0.2, 0.25) is 0 Å². The molecule has 0 fully saturated rings. The second-order valence-corrected chi connectivity index (χ2v) is 5.16. The van der Waals surface area contributed by atoms with Crippen LogP contribution in [0.25, 0.3) is 0 Å². The lowest BCUT2D eigenvalue weighted by molar-refractivity contribution is 0.406. The zero-order chi connectivity index (χ0) is 16.6. The first kappa shape index (κ1) is 17.4. The largest absolute Gasteiger partial charge is 0.508 e. The predicted molar refractivity (Wildman–Crippen MR) is 89.8 cm³/mol. The number of rotatable bonds is 4. The van der Waals surface area contributed by atoms with Crippen LogP contribution in [-0.2, 0) is 10.2 Å². The lowest BCUT2D eigenvalue weighted by Crippen LogP contribution is -2.18. The molecule has 0 spiro atoms. The molecule has 0 saturated carbocycles. The highest BCUT2D eigenvalue weighted by Crippen LogP contribution is 2.38. The summed E-state index contributed by atoms with van der Waals surface area (Å²) in [6, 6.07) is 14.6. The first-order chi connectivity index (χ1) is 10.4. The molecule has 0 aliphatic carbocycles. The minimum absolute atomic E-state index is 0.168. The zero-order valence-electron chi connectivity index (χ0n) is 13.0. The smallest absolute Gasteiger partial charge is 0.119 e. The Bertz CT molecular complexity index is 610. The SMILES string of the molecule is C=COC=C.CC(C)(c1ccccc1)c1cc(O)ccc1O. The van der Waals surface area contributed by atoms with E-state index in [1.165, 1.54) is 24.7 Å². The van der Waals surface area contributed by atoms with Gasteiger partial charge in [-0.15, -0.1) is 0 Å². The molecule has 2 N–H and O–H groups in total. The Hall–Kier alpha value is -2.68. The van der Waals surface area contributed by atoms with Gasteiger partial charge in [-0.3, -0.25) is 0 Å². The van der Waals surface area contributed by atoms with E-state index in [0.29, 0.717) is 0 Å². The van der Waals surface area contributed by atoms with Crippen molar-refractivity contribution in [1.29, 1.82) is 0 Å². The fourth-order valence-corrected chi connectivity index (χ4v) is 2.10. The molecule has 0 bridgehead atoms. The van der Waals surface area contributed by atoms with E-state index in [1.54, 1.807) is 6.07 Å². The van der Waals surface area contributed by atoms with Crippen molar-refractivity contribution in [1.82, 2.24) is 0 Å². The molecule has 2 aromatic carbocycles. The summed E-state index contributed by atoms with van der Waals surface area (Å²) in [6.07, 6.45) is 2.62. The lowest BCUT2D eigenvalue weighted by Gasteiger charge is -2.26. The molecule has 0 aromatic heterocycles. The van der Waals surface area contributed by atoms with Crippen molar-refractivity contribution >= 4 is 0 Å². The molecule has 3 nitrogen and oxygen atoms in total. The van der Waals surface area contributed by atoms with Crippen LogP contribution >= 0.6 is 0 Å². The third-order valence-corrected chi connectivity index (χ3v) is 3.34. The Morgan fingerprint density at radius 3 is 2.05 bits per heavy atom. The van der Waals surface area contributed by atoms with E-state index in [1.807, 2.05) is 44.2 Å². The van der Waals surface area contributed by atoms with E-state index in [0.717, 1.165) is 11.1 Å². The first-order valence-electron chi connectivity index (χ1n) is 6.88. The maximum Gasteiger partial charge on any atom is 0.119 e. The van der Waals surface area contributed by atoms with Gasteiger partial charge >= 0.3 is 0 Å². The van der Waals surface area contributed by atoms with Crippen molar-refractivity contribution in [2.75, 3.05) is 0 Å². The van der Waals surface area contributed by atoms with E-state index in [4.69, 9.17) is 0 Å². The average molecular weight is 298 g/mol. The zero-order valence-corrected chi connectivity index (χ0v) is 13.0. The molecule has 2 aromatic rings. The van der Waals surface area contributed by atoms with Crippen LogP contribution in [-0.4, -0.2) is 10.2 Å². The Kier molecular flexibility index (Phi) is 6.26. The standard InChI is InChI=1S/C15H16O2.C4H6O/c1-15(2,11-6-4-3-5-7-11)13-10-12(16)8-9-14(13)17;1-3-5-4-2/h3-10,16-17H,1-2H3;3-4H,1-2H2. The van der Waals surface area contributed by atoms with Gasteiger partial charge in [-0.05, 0) is 23.8 Å². The van der Waals surface area contributed by atoms with Crippen LogP contribution < -0.4 is 0 Å². The highest BCUT2D eigenvalue weighted by Gasteiger charge is 2.26. The number of aromatic hydroxyl groups is 2. The van der Waals surface area contributed by atoms with Crippen molar-refractivity contribution in [2.45, 2.75) is 19.3 Å². The molecule has 0 aliphatic rings. The molecule has 0 amide bonds. The maximum absolute atomic E-state index is 9.92. The Morgan fingerprint density at radius 2 is 1.55 bits per heavy atom. The van der Waals surface area contributed by atoms with E-state index < -0.39 is 0 Å². The van der Waals surface area contributed by atoms with Crippen molar-refractivity contribution in [3.63, 3.8) is 0 Å². The summed E-state index contributed by atoms with van der Waals surface area (Å²) in [6.45, 7) is 10.6. The molecular formula is C19H22O3. The number of phenolic OH excluding ortho intramolecular Hbond substituents is 2. The van der Waals surface area contributed by atoms with Crippen LogP contribution in [0.4, 0.5) is 0 Å². The van der Waals surface area contributed by atoms with Crippen molar-refractivity contribution < 1.29 is 14.9 Å². The van der Waals surface area contributed by atoms with Gasteiger partial charge in [0.05, 0.1) is 12.5 Å². The quantitative estimate of drug-likeness (QED) is 0.634. The highest BCUT2D eigenvalue weighted by atomic mass is 16.5. The van der Waals surface area contributed by atoms with Gasteiger partial charge in [-0.25, -0.2) is 0 Å². The van der Waals surface area contributed by atoms with Crippen LogP contribution in [0.1, 0.15) is 25.0 Å². The molecule has 0 saturated heterocycles. The number of benzene rings is 2. The summed E-state index contributed by atoms with van der Waals surface area (Å²) >= 11 is 0. The van der Waals surface area contributed by atoms with Crippen LogP contribution in [0.5, 0.6) is 11.5 Å². The van der Waals surface area contributed by atoms with Crippen molar-refractivity contribution in [3.05, 3.63) is 85.3 Å². The number of hydrogen-bond acceptors (Lipinski definition) is 3. The fraction of sp³-hybridized carbons (Fsp3) is 0.158. The van der Waals surface area contributed by atoms with E-state index >= 15 is 0 Å². The van der Waals surface area contributed by atoms with Gasteiger partial charge in [0.1, 0.15) is 11.5 Å². The predicted octanol–water partition coefficient (Wildman–Crippen LogP) is 4.71. The summed E-state index contributed by atoms with van der Waals surface area (Å²) in [7, 11) is 0. The molecule has 0 aliphatic heterocycles. The second-order valence-electron chi connectivity index (χ2n) is 5.16. The molecule has 0 atom stereocenters. The van der Waals surface area contributed by atoms with Crippen LogP contribution in [0.3, 0.4) is 0 Å². The molecule has 3 heteroatoms. The van der Waals surface area contributed by atoms with Gasteiger partial charge < -0.3 is 14.9 Å². The molecule has 116 valence electrons. The molecule has 0 radical (unpaired) electrons. The molecule has 2 rings (SSSR count). The maximum atomic E-state index is 9.92. The van der Waals surface area contributed by atoms with E-state index in [-0.39, 0.29) is 16.9 Å². The van der Waals surface area contributed by atoms with Gasteiger partial charge in [0, 0.05) is 11.0 Å². The molecule has 0 unspecified atom stereocenters. The summed E-state index contributed by atoms with van der Waals surface area (Å²) in [5.41, 5.74) is 1.48. The summed E-state index contributed by atoms with van der Waals surface area (Å²) in [5.74, 6) is 0.374. The lowest BCUT2D eigenvalue weighted by atomic mass is 9.77. The third kappa shape index (κ3) is 4.42. The Balaban J connectivity index is 0.000000422. The number of ether oxygens (including phenoxy) is 1. The Labute approximate surface area is 131 Å². The molecule has 0 heterocycles. The third-order valence-electron chi connectivity index (χ3n) is 3.34.